The second kappa shape index (κ2) is 11.6. The Balaban J connectivity index is 0.00000220. The van der Waals surface area contributed by atoms with Gasteiger partial charge in [0, 0.05) is 37.8 Å². The zero-order valence-electron chi connectivity index (χ0n) is 13.0. The molecule has 6 heteroatoms. The van der Waals surface area contributed by atoms with Crippen molar-refractivity contribution in [3.63, 3.8) is 0 Å². The summed E-state index contributed by atoms with van der Waals surface area (Å²) >= 11 is 3.31. The van der Waals surface area contributed by atoms with Gasteiger partial charge in [-0.25, -0.2) is 4.39 Å². The van der Waals surface area contributed by atoms with E-state index in [0.717, 1.165) is 44.6 Å². The van der Waals surface area contributed by atoms with Crippen molar-refractivity contribution in [3.8, 4) is 0 Å². The third-order valence-electron chi connectivity index (χ3n) is 4.01. The van der Waals surface area contributed by atoms with Crippen LogP contribution in [0.5, 0.6) is 0 Å². The summed E-state index contributed by atoms with van der Waals surface area (Å²) in [6.07, 6.45) is 4.63. The molecule has 1 aliphatic heterocycles. The molecule has 0 spiro atoms. The zero-order valence-corrected chi connectivity index (χ0v) is 16.2. The van der Waals surface area contributed by atoms with E-state index in [0.29, 0.717) is 4.47 Å². The Morgan fingerprint density at radius 3 is 2.55 bits per heavy atom. The summed E-state index contributed by atoms with van der Waals surface area (Å²) in [4.78, 5) is 2.43. The molecule has 1 N–H and O–H groups in total. The highest BCUT2D eigenvalue weighted by Gasteiger charge is 2.24. The first-order chi connectivity index (χ1) is 9.74. The summed E-state index contributed by atoms with van der Waals surface area (Å²) in [6.45, 7) is 6.21. The third-order valence-corrected chi connectivity index (χ3v) is 4.63. The van der Waals surface area contributed by atoms with Crippen LogP contribution < -0.4 is 5.32 Å². The van der Waals surface area contributed by atoms with Gasteiger partial charge in [0.15, 0.2) is 0 Å². The normalized spacial score (nSPS) is 16.5. The highest BCUT2D eigenvalue weighted by molar-refractivity contribution is 9.10. The average Bonchev–Trinajstić information content (AvgIpc) is 2.48. The van der Waals surface area contributed by atoms with Gasteiger partial charge < -0.3 is 5.32 Å². The summed E-state index contributed by atoms with van der Waals surface area (Å²) in [5.41, 5.74) is 0.845. The molecule has 2 nitrogen and oxygen atoms in total. The van der Waals surface area contributed by atoms with Crippen molar-refractivity contribution in [2.75, 3.05) is 26.2 Å². The summed E-state index contributed by atoms with van der Waals surface area (Å²) in [6, 6.07) is 5.87. The second-order valence-corrected chi connectivity index (χ2v) is 6.29. The number of piperazine rings is 1. The number of nitrogens with zero attached hydrogens (tertiary/aromatic N) is 1. The number of halogens is 4. The number of rotatable bonds is 6. The molecule has 1 aromatic rings. The molecule has 0 bridgehead atoms. The van der Waals surface area contributed by atoms with Gasteiger partial charge in [-0.05, 0) is 28.4 Å². The minimum absolute atomic E-state index is 0. The molecular formula is C16H26BrCl2FN2. The molecule has 22 heavy (non-hydrogen) atoms. The Kier molecular flexibility index (Phi) is 11.7. The van der Waals surface area contributed by atoms with Crippen molar-refractivity contribution in [1.29, 1.82) is 0 Å². The number of benzene rings is 1. The average molecular weight is 416 g/mol. The van der Waals surface area contributed by atoms with Crippen LogP contribution in [0.25, 0.3) is 0 Å². The van der Waals surface area contributed by atoms with Gasteiger partial charge in [-0.3, -0.25) is 4.90 Å². The van der Waals surface area contributed by atoms with E-state index >= 15 is 0 Å². The lowest BCUT2D eigenvalue weighted by molar-refractivity contribution is 0.159. The molecule has 1 aliphatic rings. The Morgan fingerprint density at radius 1 is 1.23 bits per heavy atom. The van der Waals surface area contributed by atoms with Gasteiger partial charge in [0.25, 0.3) is 0 Å². The molecular weight excluding hydrogens is 390 g/mol. The summed E-state index contributed by atoms with van der Waals surface area (Å²) in [5, 5.41) is 3.37. The lowest BCUT2D eigenvalue weighted by atomic mass is 9.97. The van der Waals surface area contributed by atoms with Crippen LogP contribution in [0.4, 0.5) is 4.39 Å². The van der Waals surface area contributed by atoms with Crippen LogP contribution in [0.15, 0.2) is 22.7 Å². The van der Waals surface area contributed by atoms with E-state index in [1.807, 2.05) is 12.1 Å². The molecule has 0 amide bonds. The molecule has 1 aromatic carbocycles. The van der Waals surface area contributed by atoms with Crippen molar-refractivity contribution in [2.24, 2.45) is 0 Å². The molecule has 0 unspecified atom stereocenters. The van der Waals surface area contributed by atoms with Crippen LogP contribution in [-0.4, -0.2) is 31.1 Å². The standard InChI is InChI=1S/C16H24BrFN2.2ClH/c1-2-3-4-8-15(20-11-9-19-10-12-20)13-6-5-7-14(17)16(13)18;;/h5-7,15,19H,2-4,8-12H2,1H3;2*1H/t15-;;/m1../s1. The molecule has 128 valence electrons. The quantitative estimate of drug-likeness (QED) is 0.660. The fourth-order valence-corrected chi connectivity index (χ4v) is 3.28. The molecule has 1 fully saturated rings. The smallest absolute Gasteiger partial charge is 0.142 e. The van der Waals surface area contributed by atoms with Crippen molar-refractivity contribution < 1.29 is 4.39 Å². The monoisotopic (exact) mass is 414 g/mol. The van der Waals surface area contributed by atoms with E-state index in [4.69, 9.17) is 0 Å². The molecule has 0 aromatic heterocycles. The van der Waals surface area contributed by atoms with Crippen LogP contribution in [0.3, 0.4) is 0 Å². The SMILES string of the molecule is CCCCC[C@H](c1cccc(Br)c1F)N1CCNCC1.Cl.Cl. The topological polar surface area (TPSA) is 15.3 Å². The van der Waals surface area contributed by atoms with Gasteiger partial charge in [0.05, 0.1) is 4.47 Å². The minimum Gasteiger partial charge on any atom is -0.314 e. The lowest BCUT2D eigenvalue weighted by Gasteiger charge is -2.35. The van der Waals surface area contributed by atoms with Crippen LogP contribution >= 0.6 is 40.7 Å². The van der Waals surface area contributed by atoms with Gasteiger partial charge in [-0.1, -0.05) is 38.3 Å². The van der Waals surface area contributed by atoms with E-state index in [-0.39, 0.29) is 36.7 Å². The fourth-order valence-electron chi connectivity index (χ4n) is 2.89. The van der Waals surface area contributed by atoms with E-state index < -0.39 is 0 Å². The summed E-state index contributed by atoms with van der Waals surface area (Å²) in [5.74, 6) is -0.0902. The predicted molar refractivity (Wildman–Crippen MR) is 99.9 cm³/mol. The largest absolute Gasteiger partial charge is 0.314 e. The number of nitrogens with one attached hydrogen (secondary N) is 1. The number of unbranched alkanes of at least 4 members (excludes halogenated alkanes) is 2. The van der Waals surface area contributed by atoms with Gasteiger partial charge in [0.2, 0.25) is 0 Å². The molecule has 0 aliphatic carbocycles. The summed E-state index contributed by atoms with van der Waals surface area (Å²) < 4.78 is 15.0. The molecule has 0 radical (unpaired) electrons. The Morgan fingerprint density at radius 2 is 1.91 bits per heavy atom. The molecule has 1 saturated heterocycles. The fraction of sp³-hybridized carbons (Fsp3) is 0.625. The first-order valence-corrected chi connectivity index (χ1v) is 8.42. The maximum atomic E-state index is 14.4. The van der Waals surface area contributed by atoms with Gasteiger partial charge in [-0.2, -0.15) is 0 Å². The second-order valence-electron chi connectivity index (χ2n) is 5.44. The Labute approximate surface area is 154 Å². The maximum absolute atomic E-state index is 14.4. The van der Waals surface area contributed by atoms with Gasteiger partial charge in [-0.15, -0.1) is 24.8 Å². The Bertz CT molecular complexity index is 429. The number of hydrogen-bond donors (Lipinski definition) is 1. The van der Waals surface area contributed by atoms with Crippen LogP contribution in [-0.2, 0) is 0 Å². The molecule has 1 heterocycles. The zero-order chi connectivity index (χ0) is 14.4. The van der Waals surface area contributed by atoms with E-state index in [1.54, 1.807) is 6.07 Å². The Hall–Kier alpha value is 0.130. The lowest BCUT2D eigenvalue weighted by Crippen LogP contribution is -2.45. The summed E-state index contributed by atoms with van der Waals surface area (Å²) in [7, 11) is 0. The first-order valence-electron chi connectivity index (χ1n) is 7.62. The third kappa shape index (κ3) is 5.97. The van der Waals surface area contributed by atoms with Crippen molar-refractivity contribution in [3.05, 3.63) is 34.1 Å². The maximum Gasteiger partial charge on any atom is 0.142 e. The van der Waals surface area contributed by atoms with Crippen molar-refractivity contribution >= 4 is 40.7 Å². The van der Waals surface area contributed by atoms with E-state index in [1.165, 1.54) is 12.8 Å². The number of hydrogen-bond acceptors (Lipinski definition) is 2. The molecule has 0 saturated carbocycles. The van der Waals surface area contributed by atoms with Crippen LogP contribution in [0.2, 0.25) is 0 Å². The van der Waals surface area contributed by atoms with Crippen molar-refractivity contribution in [2.45, 2.75) is 38.6 Å². The van der Waals surface area contributed by atoms with Crippen LogP contribution in [0.1, 0.15) is 44.2 Å². The first kappa shape index (κ1) is 22.1. The van der Waals surface area contributed by atoms with Gasteiger partial charge in [0.1, 0.15) is 5.82 Å². The highest BCUT2D eigenvalue weighted by atomic mass is 79.9. The van der Waals surface area contributed by atoms with Gasteiger partial charge >= 0.3 is 0 Å². The van der Waals surface area contributed by atoms with E-state index in [2.05, 4.69) is 33.1 Å². The minimum atomic E-state index is -0.0902. The molecule has 1 atom stereocenters. The van der Waals surface area contributed by atoms with Crippen molar-refractivity contribution in [1.82, 2.24) is 10.2 Å². The highest BCUT2D eigenvalue weighted by Crippen LogP contribution is 2.31. The van der Waals surface area contributed by atoms with Crippen LogP contribution in [0, 0.1) is 5.82 Å². The van der Waals surface area contributed by atoms with E-state index in [9.17, 15) is 4.39 Å². The predicted octanol–water partition coefficient (Wildman–Crippen LogP) is 4.96. The molecule has 2 rings (SSSR count).